The lowest BCUT2D eigenvalue weighted by atomic mass is 10.2. The molecule has 0 saturated carbocycles. The van der Waals surface area contributed by atoms with Crippen LogP contribution in [0.15, 0.2) is 18.2 Å². The average molecular weight is 201 g/mol. The van der Waals surface area contributed by atoms with E-state index in [9.17, 15) is 8.42 Å². The molecule has 0 saturated heterocycles. The molecule has 0 aliphatic carbocycles. The molecule has 4 nitrogen and oxygen atoms in total. The highest BCUT2D eigenvalue weighted by molar-refractivity contribution is 7.89. The highest BCUT2D eigenvalue weighted by Crippen LogP contribution is 2.20. The number of hydrogen-bond acceptors (Lipinski definition) is 4. The normalized spacial score (nSPS) is 11.5. The van der Waals surface area contributed by atoms with Crippen LogP contribution in [0.3, 0.4) is 0 Å². The minimum absolute atomic E-state index is 0.0368. The molecule has 0 fully saturated rings. The number of benzene rings is 1. The smallest absolute Gasteiger partial charge is 0.151 e. The van der Waals surface area contributed by atoms with Gasteiger partial charge in [-0.15, -0.1) is 0 Å². The number of sulfone groups is 1. The van der Waals surface area contributed by atoms with Crippen LogP contribution in [0.5, 0.6) is 5.75 Å². The lowest BCUT2D eigenvalue weighted by Crippen LogP contribution is -2.03. The molecule has 0 amide bonds. The summed E-state index contributed by atoms with van der Waals surface area (Å²) in [6.45, 7) is 0. The summed E-state index contributed by atoms with van der Waals surface area (Å²) in [5.74, 6) is -0.0613. The summed E-state index contributed by atoms with van der Waals surface area (Å²) in [4.78, 5) is 0. The van der Waals surface area contributed by atoms with Crippen LogP contribution in [-0.4, -0.2) is 19.8 Å². The first-order valence-electron chi connectivity index (χ1n) is 3.63. The molecule has 0 radical (unpaired) electrons. The van der Waals surface area contributed by atoms with Gasteiger partial charge in [-0.2, -0.15) is 0 Å². The molecule has 0 bridgehead atoms. The Kier molecular flexibility index (Phi) is 2.47. The molecule has 3 N–H and O–H groups in total. The van der Waals surface area contributed by atoms with Crippen LogP contribution in [0, 0.1) is 0 Å². The van der Waals surface area contributed by atoms with Crippen molar-refractivity contribution < 1.29 is 13.5 Å². The van der Waals surface area contributed by atoms with E-state index in [0.717, 1.165) is 6.26 Å². The molecular formula is C8H11NO3S. The van der Waals surface area contributed by atoms with Gasteiger partial charge in [-0.05, 0) is 11.6 Å². The summed E-state index contributed by atoms with van der Waals surface area (Å²) in [5.41, 5.74) is 6.31. The van der Waals surface area contributed by atoms with Crippen molar-refractivity contribution in [3.05, 3.63) is 23.8 Å². The Morgan fingerprint density at radius 1 is 1.46 bits per heavy atom. The fourth-order valence-electron chi connectivity index (χ4n) is 0.996. The van der Waals surface area contributed by atoms with Crippen LogP contribution in [-0.2, 0) is 15.6 Å². The van der Waals surface area contributed by atoms with Crippen molar-refractivity contribution >= 4 is 15.5 Å². The third-order valence-corrected chi connectivity index (χ3v) is 2.38. The van der Waals surface area contributed by atoms with Crippen LogP contribution in [0.4, 0.5) is 5.69 Å². The molecule has 0 aliphatic heterocycles. The predicted molar refractivity (Wildman–Crippen MR) is 51.1 cm³/mol. The van der Waals surface area contributed by atoms with Gasteiger partial charge in [0.25, 0.3) is 0 Å². The molecule has 0 atom stereocenters. The number of anilines is 1. The molecule has 0 aliphatic rings. The quantitative estimate of drug-likeness (QED) is 0.683. The third-order valence-electron chi connectivity index (χ3n) is 1.55. The lowest BCUT2D eigenvalue weighted by Gasteiger charge is -2.03. The van der Waals surface area contributed by atoms with E-state index in [2.05, 4.69) is 0 Å². The maximum absolute atomic E-state index is 10.9. The standard InChI is InChI=1S/C8H11NO3S/c1-13(11,12)5-6-2-3-7(10)4-8(6)9/h2-4,10H,5,9H2,1H3. The molecule has 13 heavy (non-hydrogen) atoms. The van der Waals surface area contributed by atoms with E-state index >= 15 is 0 Å². The van der Waals surface area contributed by atoms with E-state index in [-0.39, 0.29) is 11.5 Å². The van der Waals surface area contributed by atoms with Gasteiger partial charge in [0.15, 0.2) is 9.84 Å². The summed E-state index contributed by atoms with van der Waals surface area (Å²) in [7, 11) is -3.07. The number of nitrogen functional groups attached to an aromatic ring is 1. The van der Waals surface area contributed by atoms with E-state index in [1.54, 1.807) is 0 Å². The monoisotopic (exact) mass is 201 g/mol. The number of phenolic OH excluding ortho intramolecular Hbond substituents is 1. The number of hydrogen-bond donors (Lipinski definition) is 2. The Morgan fingerprint density at radius 3 is 2.54 bits per heavy atom. The van der Waals surface area contributed by atoms with Crippen molar-refractivity contribution in [3.8, 4) is 5.75 Å². The first-order valence-corrected chi connectivity index (χ1v) is 5.69. The van der Waals surface area contributed by atoms with Gasteiger partial charge in [0.1, 0.15) is 5.75 Å². The topological polar surface area (TPSA) is 80.4 Å². The van der Waals surface area contributed by atoms with Gasteiger partial charge in [0.05, 0.1) is 5.75 Å². The van der Waals surface area contributed by atoms with Gasteiger partial charge in [-0.1, -0.05) is 6.07 Å². The van der Waals surface area contributed by atoms with Crippen molar-refractivity contribution in [1.82, 2.24) is 0 Å². The largest absolute Gasteiger partial charge is 0.508 e. The Balaban J connectivity index is 3.04. The molecule has 72 valence electrons. The summed E-state index contributed by atoms with van der Waals surface area (Å²) in [5, 5.41) is 9.01. The fraction of sp³-hybridized carbons (Fsp3) is 0.250. The fourth-order valence-corrected chi connectivity index (χ4v) is 1.82. The first kappa shape index (κ1) is 9.85. The Labute approximate surface area is 76.9 Å². The molecule has 0 aromatic heterocycles. The minimum atomic E-state index is -3.07. The average Bonchev–Trinajstić information content (AvgIpc) is 1.93. The van der Waals surface area contributed by atoms with E-state index < -0.39 is 9.84 Å². The third kappa shape index (κ3) is 2.95. The van der Waals surface area contributed by atoms with Crippen LogP contribution in [0.25, 0.3) is 0 Å². The van der Waals surface area contributed by atoms with Gasteiger partial charge in [-0.3, -0.25) is 0 Å². The van der Waals surface area contributed by atoms with Crippen molar-refractivity contribution in [2.45, 2.75) is 5.75 Å². The molecule has 1 rings (SSSR count). The van der Waals surface area contributed by atoms with E-state index in [4.69, 9.17) is 10.8 Å². The second-order valence-corrected chi connectivity index (χ2v) is 5.09. The molecule has 1 aromatic rings. The van der Waals surface area contributed by atoms with Gasteiger partial charge in [-0.25, -0.2) is 8.42 Å². The minimum Gasteiger partial charge on any atom is -0.508 e. The number of phenols is 1. The SMILES string of the molecule is CS(=O)(=O)Cc1ccc(O)cc1N. The summed E-state index contributed by atoms with van der Waals surface area (Å²) in [6.07, 6.45) is 1.14. The molecular weight excluding hydrogens is 190 g/mol. The highest BCUT2D eigenvalue weighted by atomic mass is 32.2. The Morgan fingerprint density at radius 2 is 2.08 bits per heavy atom. The summed E-state index contributed by atoms with van der Waals surface area (Å²) < 4.78 is 21.8. The maximum Gasteiger partial charge on any atom is 0.151 e. The van der Waals surface area contributed by atoms with Crippen LogP contribution in [0.1, 0.15) is 5.56 Å². The second kappa shape index (κ2) is 3.26. The number of nitrogens with two attached hydrogens (primary N) is 1. The van der Waals surface area contributed by atoms with Crippen LogP contribution >= 0.6 is 0 Å². The molecule has 0 unspecified atom stereocenters. The highest BCUT2D eigenvalue weighted by Gasteiger charge is 2.07. The van der Waals surface area contributed by atoms with E-state index in [1.165, 1.54) is 18.2 Å². The van der Waals surface area contributed by atoms with Crippen molar-refractivity contribution in [1.29, 1.82) is 0 Å². The zero-order chi connectivity index (χ0) is 10.1. The zero-order valence-corrected chi connectivity index (χ0v) is 8.00. The van der Waals surface area contributed by atoms with Crippen LogP contribution < -0.4 is 5.73 Å². The molecule has 0 heterocycles. The van der Waals surface area contributed by atoms with Gasteiger partial charge in [0.2, 0.25) is 0 Å². The summed E-state index contributed by atoms with van der Waals surface area (Å²) >= 11 is 0. The molecule has 0 spiro atoms. The van der Waals surface area contributed by atoms with Gasteiger partial charge >= 0.3 is 0 Å². The maximum atomic E-state index is 10.9. The zero-order valence-electron chi connectivity index (χ0n) is 7.19. The number of rotatable bonds is 2. The summed E-state index contributed by atoms with van der Waals surface area (Å²) in [6, 6.07) is 4.25. The van der Waals surface area contributed by atoms with Crippen molar-refractivity contribution in [3.63, 3.8) is 0 Å². The van der Waals surface area contributed by atoms with E-state index in [1.807, 2.05) is 0 Å². The van der Waals surface area contributed by atoms with E-state index in [0.29, 0.717) is 11.3 Å². The Bertz CT molecular complexity index is 411. The second-order valence-electron chi connectivity index (χ2n) is 2.95. The predicted octanol–water partition coefficient (Wildman–Crippen LogP) is 0.519. The van der Waals surface area contributed by atoms with Gasteiger partial charge < -0.3 is 10.8 Å². The lowest BCUT2D eigenvalue weighted by molar-refractivity contribution is 0.475. The van der Waals surface area contributed by atoms with Crippen LogP contribution in [0.2, 0.25) is 0 Å². The van der Waals surface area contributed by atoms with Crippen molar-refractivity contribution in [2.75, 3.05) is 12.0 Å². The van der Waals surface area contributed by atoms with Gasteiger partial charge in [0, 0.05) is 18.0 Å². The van der Waals surface area contributed by atoms with Crippen molar-refractivity contribution in [2.24, 2.45) is 0 Å². The molecule has 5 heteroatoms. The first-order chi connectivity index (χ1) is 5.88. The Hall–Kier alpha value is -1.23. The molecule has 1 aromatic carbocycles. The number of aromatic hydroxyl groups is 1.